The first-order valence-corrected chi connectivity index (χ1v) is 6.32. The molecule has 3 aromatic rings. The van der Waals surface area contributed by atoms with Crippen molar-refractivity contribution in [1.82, 2.24) is 14.7 Å². The third-order valence-electron chi connectivity index (χ3n) is 3.19. The first kappa shape index (κ1) is 13.2. The van der Waals surface area contributed by atoms with Crippen LogP contribution in [0, 0.1) is 12.7 Å². The number of pyridine rings is 1. The fourth-order valence-electron chi connectivity index (χ4n) is 1.91. The molecule has 6 heteroatoms. The van der Waals surface area contributed by atoms with Crippen molar-refractivity contribution in [3.05, 3.63) is 58.3 Å². The van der Waals surface area contributed by atoms with E-state index in [4.69, 9.17) is 4.52 Å². The van der Waals surface area contributed by atoms with Crippen LogP contribution in [0.4, 0.5) is 4.39 Å². The molecule has 0 bridgehead atoms. The summed E-state index contributed by atoms with van der Waals surface area (Å²) in [7, 11) is 1.64. The molecule has 0 atom stereocenters. The van der Waals surface area contributed by atoms with Crippen molar-refractivity contribution in [2.75, 3.05) is 0 Å². The Balaban J connectivity index is 2.01. The molecule has 2 aromatic heterocycles. The van der Waals surface area contributed by atoms with Crippen LogP contribution in [0.15, 0.2) is 45.8 Å². The quantitative estimate of drug-likeness (QED) is 0.726. The van der Waals surface area contributed by atoms with Crippen molar-refractivity contribution in [2.45, 2.75) is 6.92 Å². The molecule has 0 radical (unpaired) electrons. The van der Waals surface area contributed by atoms with Gasteiger partial charge < -0.3 is 9.09 Å². The Morgan fingerprint density at radius 3 is 2.67 bits per heavy atom. The van der Waals surface area contributed by atoms with E-state index in [0.29, 0.717) is 22.5 Å². The smallest absolute Gasteiger partial charge is 0.258 e. The Kier molecular flexibility index (Phi) is 3.13. The van der Waals surface area contributed by atoms with Crippen LogP contribution >= 0.6 is 0 Å². The van der Waals surface area contributed by atoms with Gasteiger partial charge in [0.25, 0.3) is 5.89 Å². The maximum atomic E-state index is 13.6. The van der Waals surface area contributed by atoms with E-state index in [1.165, 1.54) is 16.7 Å². The lowest BCUT2D eigenvalue weighted by Crippen LogP contribution is -2.14. The van der Waals surface area contributed by atoms with E-state index in [9.17, 15) is 9.18 Å². The zero-order chi connectivity index (χ0) is 15.0. The SMILES string of the molecule is Cc1ccc(-c2nc(-c3ccc(=O)n(C)c3)no2)cc1F. The number of hydrogen-bond acceptors (Lipinski definition) is 4. The van der Waals surface area contributed by atoms with Gasteiger partial charge in [0.05, 0.1) is 0 Å². The van der Waals surface area contributed by atoms with Crippen LogP contribution in [-0.4, -0.2) is 14.7 Å². The molecule has 0 N–H and O–H groups in total. The number of rotatable bonds is 2. The van der Waals surface area contributed by atoms with E-state index in [-0.39, 0.29) is 17.3 Å². The average molecular weight is 285 g/mol. The third-order valence-corrected chi connectivity index (χ3v) is 3.19. The normalized spacial score (nSPS) is 10.8. The summed E-state index contributed by atoms with van der Waals surface area (Å²) >= 11 is 0. The van der Waals surface area contributed by atoms with E-state index < -0.39 is 0 Å². The van der Waals surface area contributed by atoms with E-state index in [1.54, 1.807) is 38.4 Å². The minimum atomic E-state index is -0.325. The van der Waals surface area contributed by atoms with Gasteiger partial charge in [-0.3, -0.25) is 4.79 Å². The Morgan fingerprint density at radius 1 is 1.19 bits per heavy atom. The average Bonchev–Trinajstić information content (AvgIpc) is 2.94. The minimum absolute atomic E-state index is 0.122. The predicted octanol–water partition coefficient (Wildman–Crippen LogP) is 2.55. The highest BCUT2D eigenvalue weighted by Crippen LogP contribution is 2.23. The topological polar surface area (TPSA) is 60.9 Å². The minimum Gasteiger partial charge on any atom is -0.334 e. The van der Waals surface area contributed by atoms with Gasteiger partial charge in [-0.1, -0.05) is 11.2 Å². The fourth-order valence-corrected chi connectivity index (χ4v) is 1.91. The first-order valence-electron chi connectivity index (χ1n) is 6.32. The third kappa shape index (κ3) is 2.47. The lowest BCUT2D eigenvalue weighted by atomic mass is 10.1. The highest BCUT2D eigenvalue weighted by molar-refractivity contribution is 5.59. The van der Waals surface area contributed by atoms with Crippen LogP contribution in [0.3, 0.4) is 0 Å². The molecule has 106 valence electrons. The van der Waals surface area contributed by atoms with Gasteiger partial charge >= 0.3 is 0 Å². The maximum Gasteiger partial charge on any atom is 0.258 e. The molecule has 2 heterocycles. The first-order chi connectivity index (χ1) is 10.0. The molecule has 0 spiro atoms. The molecule has 1 aromatic carbocycles. The Labute approximate surface area is 119 Å². The van der Waals surface area contributed by atoms with Gasteiger partial charge in [-0.05, 0) is 30.7 Å². The standard InChI is InChI=1S/C15H12FN3O2/c1-9-3-4-10(7-12(9)16)15-17-14(18-21-15)11-5-6-13(20)19(2)8-11/h3-8H,1-2H3. The molecular formula is C15H12FN3O2. The second-order valence-corrected chi connectivity index (χ2v) is 4.75. The zero-order valence-electron chi connectivity index (χ0n) is 11.5. The molecular weight excluding hydrogens is 273 g/mol. The Morgan fingerprint density at radius 2 is 1.95 bits per heavy atom. The monoisotopic (exact) mass is 285 g/mol. The van der Waals surface area contributed by atoms with E-state index in [1.807, 2.05) is 0 Å². The van der Waals surface area contributed by atoms with Crippen molar-refractivity contribution >= 4 is 0 Å². The van der Waals surface area contributed by atoms with E-state index >= 15 is 0 Å². The molecule has 3 rings (SSSR count). The van der Waals surface area contributed by atoms with Crippen LogP contribution in [0.2, 0.25) is 0 Å². The van der Waals surface area contributed by atoms with Gasteiger partial charge in [-0.15, -0.1) is 0 Å². The summed E-state index contributed by atoms with van der Waals surface area (Å²) in [5, 5.41) is 3.86. The highest BCUT2D eigenvalue weighted by atomic mass is 19.1. The van der Waals surface area contributed by atoms with E-state index in [0.717, 1.165) is 0 Å². The molecule has 21 heavy (non-hydrogen) atoms. The molecule has 5 nitrogen and oxygen atoms in total. The summed E-state index contributed by atoms with van der Waals surface area (Å²) in [5.41, 5.74) is 1.60. The van der Waals surface area contributed by atoms with Crippen LogP contribution in [0.1, 0.15) is 5.56 Å². The van der Waals surface area contributed by atoms with Gasteiger partial charge in [-0.2, -0.15) is 4.98 Å². The molecule has 0 aliphatic rings. The highest BCUT2D eigenvalue weighted by Gasteiger charge is 2.12. The molecule has 0 aliphatic heterocycles. The predicted molar refractivity (Wildman–Crippen MR) is 75.1 cm³/mol. The summed E-state index contributed by atoms with van der Waals surface area (Å²) in [6.45, 7) is 1.68. The van der Waals surface area contributed by atoms with Gasteiger partial charge in [-0.25, -0.2) is 4.39 Å². The second kappa shape index (κ2) is 4.97. The molecule has 0 aliphatic carbocycles. The number of aromatic nitrogens is 3. The maximum absolute atomic E-state index is 13.6. The lowest BCUT2D eigenvalue weighted by Gasteiger charge is -1.98. The molecule has 0 amide bonds. The Bertz CT molecular complexity index is 867. The number of benzene rings is 1. The molecule has 0 saturated carbocycles. The lowest BCUT2D eigenvalue weighted by molar-refractivity contribution is 0.432. The van der Waals surface area contributed by atoms with Crippen molar-refractivity contribution < 1.29 is 8.91 Å². The summed E-state index contributed by atoms with van der Waals surface area (Å²) in [6.07, 6.45) is 1.62. The number of hydrogen-bond donors (Lipinski definition) is 0. The van der Waals surface area contributed by atoms with Crippen LogP contribution in [-0.2, 0) is 7.05 Å². The van der Waals surface area contributed by atoms with Crippen LogP contribution < -0.4 is 5.56 Å². The summed E-state index contributed by atoms with van der Waals surface area (Å²) in [4.78, 5) is 15.6. The molecule has 0 fully saturated rings. The van der Waals surface area contributed by atoms with Gasteiger partial charge in [0, 0.05) is 30.4 Å². The van der Waals surface area contributed by atoms with Crippen LogP contribution in [0.25, 0.3) is 22.8 Å². The molecule has 0 saturated heterocycles. The van der Waals surface area contributed by atoms with Crippen LogP contribution in [0.5, 0.6) is 0 Å². The number of nitrogens with zero attached hydrogens (tertiary/aromatic N) is 3. The summed E-state index contributed by atoms with van der Waals surface area (Å²) < 4.78 is 20.1. The number of halogens is 1. The largest absolute Gasteiger partial charge is 0.334 e. The van der Waals surface area contributed by atoms with Gasteiger partial charge in [0.1, 0.15) is 5.82 Å². The summed E-state index contributed by atoms with van der Waals surface area (Å²) in [6, 6.07) is 7.77. The fraction of sp³-hybridized carbons (Fsp3) is 0.133. The zero-order valence-corrected chi connectivity index (χ0v) is 11.5. The van der Waals surface area contributed by atoms with Crippen molar-refractivity contribution in [2.24, 2.45) is 7.05 Å². The van der Waals surface area contributed by atoms with Gasteiger partial charge in [0.15, 0.2) is 0 Å². The Hall–Kier alpha value is -2.76. The second-order valence-electron chi connectivity index (χ2n) is 4.75. The number of aryl methyl sites for hydroxylation is 2. The summed E-state index contributed by atoms with van der Waals surface area (Å²) in [5.74, 6) is 0.258. The van der Waals surface area contributed by atoms with Crippen molar-refractivity contribution in [3.63, 3.8) is 0 Å². The molecule has 0 unspecified atom stereocenters. The van der Waals surface area contributed by atoms with Crippen molar-refractivity contribution in [3.8, 4) is 22.8 Å². The van der Waals surface area contributed by atoms with Gasteiger partial charge in [0.2, 0.25) is 11.4 Å². The van der Waals surface area contributed by atoms with Crippen molar-refractivity contribution in [1.29, 1.82) is 0 Å². The van der Waals surface area contributed by atoms with E-state index in [2.05, 4.69) is 10.1 Å².